The van der Waals surface area contributed by atoms with Crippen molar-refractivity contribution in [2.45, 2.75) is 19.6 Å². The Hall–Kier alpha value is -2.66. The van der Waals surface area contributed by atoms with E-state index in [2.05, 4.69) is 5.32 Å². The lowest BCUT2D eigenvalue weighted by molar-refractivity contribution is -0.150. The molecule has 0 fully saturated rings. The summed E-state index contributed by atoms with van der Waals surface area (Å²) >= 11 is 5.79. The van der Waals surface area contributed by atoms with Crippen LogP contribution in [0.1, 0.15) is 18.1 Å². The molecule has 2 aromatic rings. The van der Waals surface area contributed by atoms with Crippen molar-refractivity contribution in [3.05, 3.63) is 76.6 Å². The second-order valence-electron chi connectivity index (χ2n) is 5.28. The van der Waals surface area contributed by atoms with Gasteiger partial charge in [-0.05, 0) is 36.8 Å². The second-order valence-corrected chi connectivity index (χ2v) is 5.71. The quantitative estimate of drug-likeness (QED) is 0.630. The molecule has 25 heavy (non-hydrogen) atoms. The van der Waals surface area contributed by atoms with Crippen LogP contribution in [0.2, 0.25) is 5.02 Å². The molecule has 0 bridgehead atoms. The zero-order valence-corrected chi connectivity index (χ0v) is 14.3. The van der Waals surface area contributed by atoms with Gasteiger partial charge in [-0.15, -0.1) is 0 Å². The molecular weight excluding hydrogens is 345 g/mol. The molecule has 0 aliphatic carbocycles. The third-order valence-electron chi connectivity index (χ3n) is 3.35. The van der Waals surface area contributed by atoms with Crippen LogP contribution in [-0.2, 0) is 20.9 Å². The highest BCUT2D eigenvalue weighted by molar-refractivity contribution is 6.30. The summed E-state index contributed by atoms with van der Waals surface area (Å²) in [4.78, 5) is 23.7. The first kappa shape index (κ1) is 18.7. The molecule has 0 aliphatic heterocycles. The molecule has 0 saturated heterocycles. The second kappa shape index (κ2) is 8.99. The molecular formula is C19H17ClFNO3. The minimum absolute atomic E-state index is 0.263. The molecule has 0 aromatic heterocycles. The average Bonchev–Trinajstić information content (AvgIpc) is 2.60. The predicted octanol–water partition coefficient (Wildman–Crippen LogP) is 3.74. The van der Waals surface area contributed by atoms with Crippen molar-refractivity contribution in [1.82, 2.24) is 5.32 Å². The van der Waals surface area contributed by atoms with Crippen molar-refractivity contribution in [3.8, 4) is 0 Å². The molecule has 0 aliphatic rings. The minimum atomic E-state index is -0.968. The van der Waals surface area contributed by atoms with Gasteiger partial charge in [0, 0.05) is 23.2 Å². The fraction of sp³-hybridized carbons (Fsp3) is 0.158. The maximum absolute atomic E-state index is 13.4. The highest BCUT2D eigenvalue weighted by Gasteiger charge is 2.16. The molecule has 1 amide bonds. The van der Waals surface area contributed by atoms with Crippen molar-refractivity contribution in [1.29, 1.82) is 0 Å². The van der Waals surface area contributed by atoms with Gasteiger partial charge in [0.15, 0.2) is 6.10 Å². The number of nitrogens with one attached hydrogen (secondary N) is 1. The van der Waals surface area contributed by atoms with Crippen molar-refractivity contribution < 1.29 is 18.7 Å². The predicted molar refractivity (Wildman–Crippen MR) is 94.3 cm³/mol. The Morgan fingerprint density at radius 2 is 1.88 bits per heavy atom. The first-order valence-corrected chi connectivity index (χ1v) is 7.99. The van der Waals surface area contributed by atoms with Crippen LogP contribution in [0.4, 0.5) is 4.39 Å². The van der Waals surface area contributed by atoms with Crippen LogP contribution >= 0.6 is 11.6 Å². The van der Waals surface area contributed by atoms with E-state index < -0.39 is 23.8 Å². The van der Waals surface area contributed by atoms with Gasteiger partial charge in [-0.3, -0.25) is 4.79 Å². The van der Waals surface area contributed by atoms with Crippen LogP contribution in [0.15, 0.2) is 54.6 Å². The fourth-order valence-corrected chi connectivity index (χ4v) is 2.10. The van der Waals surface area contributed by atoms with Gasteiger partial charge in [-0.2, -0.15) is 0 Å². The van der Waals surface area contributed by atoms with E-state index in [0.29, 0.717) is 11.6 Å². The molecule has 0 radical (unpaired) electrons. The third-order valence-corrected chi connectivity index (χ3v) is 3.60. The van der Waals surface area contributed by atoms with Crippen LogP contribution in [0.25, 0.3) is 6.08 Å². The molecule has 130 valence electrons. The Kier molecular flexibility index (Phi) is 6.71. The number of halogens is 2. The molecule has 0 spiro atoms. The number of amides is 1. The van der Waals surface area contributed by atoms with E-state index in [-0.39, 0.29) is 5.56 Å². The Labute approximate surface area is 150 Å². The summed E-state index contributed by atoms with van der Waals surface area (Å²) in [5.74, 6) is -1.60. The normalized spacial score (nSPS) is 12.0. The van der Waals surface area contributed by atoms with Gasteiger partial charge >= 0.3 is 5.97 Å². The Balaban J connectivity index is 1.82. The zero-order chi connectivity index (χ0) is 18.2. The fourth-order valence-electron chi connectivity index (χ4n) is 1.97. The van der Waals surface area contributed by atoms with Gasteiger partial charge in [-0.1, -0.05) is 41.9 Å². The highest BCUT2D eigenvalue weighted by atomic mass is 35.5. The lowest BCUT2D eigenvalue weighted by Gasteiger charge is -2.12. The molecule has 4 nitrogen and oxygen atoms in total. The lowest BCUT2D eigenvalue weighted by Crippen LogP contribution is -2.35. The number of hydrogen-bond acceptors (Lipinski definition) is 3. The summed E-state index contributed by atoms with van der Waals surface area (Å²) in [6, 6.07) is 13.0. The maximum Gasteiger partial charge on any atom is 0.331 e. The van der Waals surface area contributed by atoms with Gasteiger partial charge in [0.25, 0.3) is 5.91 Å². The smallest absolute Gasteiger partial charge is 0.331 e. The number of carbonyl (C=O) groups excluding carboxylic acids is 2. The summed E-state index contributed by atoms with van der Waals surface area (Å²) in [6.07, 6.45) is 1.42. The van der Waals surface area contributed by atoms with Gasteiger partial charge in [-0.25, -0.2) is 9.18 Å². The number of hydrogen-bond donors (Lipinski definition) is 1. The Morgan fingerprint density at radius 3 is 2.56 bits per heavy atom. The maximum atomic E-state index is 13.4. The molecule has 2 aromatic carbocycles. The van der Waals surface area contributed by atoms with E-state index >= 15 is 0 Å². The molecule has 2 rings (SSSR count). The third kappa shape index (κ3) is 6.04. The molecule has 0 saturated carbocycles. The average molecular weight is 362 g/mol. The number of ether oxygens (including phenoxy) is 1. The van der Waals surface area contributed by atoms with Crippen molar-refractivity contribution in [2.24, 2.45) is 0 Å². The molecule has 1 atom stereocenters. The largest absolute Gasteiger partial charge is 0.449 e. The summed E-state index contributed by atoms with van der Waals surface area (Å²) in [5, 5.41) is 3.27. The van der Waals surface area contributed by atoms with E-state index in [9.17, 15) is 14.0 Å². The zero-order valence-electron chi connectivity index (χ0n) is 13.5. The van der Waals surface area contributed by atoms with Crippen molar-refractivity contribution >= 4 is 29.6 Å². The van der Waals surface area contributed by atoms with Gasteiger partial charge in [0.1, 0.15) is 5.82 Å². The number of carbonyl (C=O) groups is 2. The van der Waals surface area contributed by atoms with Crippen LogP contribution in [0, 0.1) is 5.82 Å². The topological polar surface area (TPSA) is 55.4 Å². The Bertz CT molecular complexity index is 774. The van der Waals surface area contributed by atoms with Crippen LogP contribution in [0.3, 0.4) is 0 Å². The lowest BCUT2D eigenvalue weighted by atomic mass is 10.2. The first-order chi connectivity index (χ1) is 12.0. The van der Waals surface area contributed by atoms with Crippen LogP contribution in [-0.4, -0.2) is 18.0 Å². The van der Waals surface area contributed by atoms with Gasteiger partial charge < -0.3 is 10.1 Å². The van der Waals surface area contributed by atoms with Crippen molar-refractivity contribution in [2.75, 3.05) is 0 Å². The van der Waals surface area contributed by atoms with E-state index in [0.717, 1.165) is 11.6 Å². The Morgan fingerprint density at radius 1 is 1.20 bits per heavy atom. The summed E-state index contributed by atoms with van der Waals surface area (Å²) in [6.45, 7) is 1.76. The first-order valence-electron chi connectivity index (χ1n) is 7.61. The number of benzene rings is 2. The number of esters is 1. The van der Waals surface area contributed by atoms with E-state index in [4.69, 9.17) is 16.3 Å². The van der Waals surface area contributed by atoms with Gasteiger partial charge in [0.2, 0.25) is 0 Å². The summed E-state index contributed by atoms with van der Waals surface area (Å²) < 4.78 is 18.4. The van der Waals surface area contributed by atoms with Crippen molar-refractivity contribution in [3.63, 3.8) is 0 Å². The van der Waals surface area contributed by atoms with Gasteiger partial charge in [0.05, 0.1) is 0 Å². The molecule has 6 heteroatoms. The molecule has 0 heterocycles. The highest BCUT2D eigenvalue weighted by Crippen LogP contribution is 2.10. The van der Waals surface area contributed by atoms with Crippen LogP contribution < -0.4 is 5.32 Å². The summed E-state index contributed by atoms with van der Waals surface area (Å²) in [7, 11) is 0. The SMILES string of the molecule is CC(OC(=O)/C=C/c1ccccc1F)C(=O)NCc1ccc(Cl)cc1. The summed E-state index contributed by atoms with van der Waals surface area (Å²) in [5.41, 5.74) is 1.13. The monoisotopic (exact) mass is 361 g/mol. The van der Waals surface area contributed by atoms with E-state index in [1.165, 1.54) is 25.1 Å². The molecule has 1 unspecified atom stereocenters. The molecule has 1 N–H and O–H groups in total. The van der Waals surface area contributed by atoms with Crippen LogP contribution in [0.5, 0.6) is 0 Å². The number of rotatable bonds is 6. The van der Waals surface area contributed by atoms with E-state index in [1.807, 2.05) is 0 Å². The van der Waals surface area contributed by atoms with E-state index in [1.54, 1.807) is 36.4 Å². The minimum Gasteiger partial charge on any atom is -0.449 e. The standard InChI is InChI=1S/C19H17ClFNO3/c1-13(19(24)22-12-14-6-9-16(20)10-7-14)25-18(23)11-8-15-4-2-3-5-17(15)21/h2-11,13H,12H2,1H3,(H,22,24)/b11-8+.